The zero-order valence-corrected chi connectivity index (χ0v) is 11.5. The van der Waals surface area contributed by atoms with Crippen LogP contribution in [0.2, 0.25) is 0 Å². The van der Waals surface area contributed by atoms with Gasteiger partial charge in [0.25, 0.3) is 5.91 Å². The molecule has 108 valence electrons. The smallest absolute Gasteiger partial charge is 0.263 e. The third-order valence-corrected chi connectivity index (χ3v) is 2.96. The van der Waals surface area contributed by atoms with Crippen molar-refractivity contribution in [3.05, 3.63) is 73.3 Å². The molecule has 2 rings (SSSR count). The lowest BCUT2D eigenvalue weighted by molar-refractivity contribution is -0.132. The van der Waals surface area contributed by atoms with E-state index in [-0.39, 0.29) is 6.61 Å². The molecule has 21 heavy (non-hydrogen) atoms. The number of amides is 1. The van der Waals surface area contributed by atoms with Crippen LogP contribution in [0.15, 0.2) is 73.3 Å². The van der Waals surface area contributed by atoms with Crippen LogP contribution in [-0.2, 0) is 4.79 Å². The van der Waals surface area contributed by atoms with Crippen molar-refractivity contribution in [3.8, 4) is 5.75 Å². The summed E-state index contributed by atoms with van der Waals surface area (Å²) in [4.78, 5) is 12.2. The average Bonchev–Trinajstić information content (AvgIpc) is 2.54. The molecule has 4 nitrogen and oxygen atoms in total. The van der Waals surface area contributed by atoms with Gasteiger partial charge in [0.2, 0.25) is 0 Å². The summed E-state index contributed by atoms with van der Waals surface area (Å²) in [5, 5.41) is 13.0. The number of rotatable bonds is 6. The Kier molecular flexibility index (Phi) is 4.74. The van der Waals surface area contributed by atoms with Crippen LogP contribution >= 0.6 is 0 Å². The SMILES string of the molecule is C=C[C@](O)(COc1ccccc1)C(=O)Nc1ccccc1. The summed E-state index contributed by atoms with van der Waals surface area (Å²) in [6.45, 7) is 3.31. The van der Waals surface area contributed by atoms with Crippen LogP contribution in [0.5, 0.6) is 5.75 Å². The molecule has 0 radical (unpaired) electrons. The van der Waals surface area contributed by atoms with E-state index in [0.717, 1.165) is 0 Å². The van der Waals surface area contributed by atoms with Crippen LogP contribution in [0, 0.1) is 0 Å². The van der Waals surface area contributed by atoms with Crippen molar-refractivity contribution in [2.45, 2.75) is 5.60 Å². The van der Waals surface area contributed by atoms with Crippen molar-refractivity contribution in [2.75, 3.05) is 11.9 Å². The van der Waals surface area contributed by atoms with Crippen molar-refractivity contribution >= 4 is 11.6 Å². The lowest BCUT2D eigenvalue weighted by Gasteiger charge is -2.23. The maximum Gasteiger partial charge on any atom is 0.263 e. The number of nitrogens with one attached hydrogen (secondary N) is 1. The Morgan fingerprint density at radius 1 is 1.14 bits per heavy atom. The highest BCUT2D eigenvalue weighted by atomic mass is 16.5. The predicted molar refractivity (Wildman–Crippen MR) is 82.2 cm³/mol. The van der Waals surface area contributed by atoms with Gasteiger partial charge in [0.1, 0.15) is 12.4 Å². The van der Waals surface area contributed by atoms with Gasteiger partial charge in [-0.3, -0.25) is 4.79 Å². The second-order valence-corrected chi connectivity index (χ2v) is 4.55. The summed E-state index contributed by atoms with van der Waals surface area (Å²) in [7, 11) is 0. The molecule has 2 aromatic rings. The van der Waals surface area contributed by atoms with E-state index >= 15 is 0 Å². The zero-order chi connectivity index (χ0) is 15.1. The minimum atomic E-state index is -1.80. The van der Waals surface area contributed by atoms with Gasteiger partial charge < -0.3 is 15.2 Å². The maximum atomic E-state index is 12.2. The number of para-hydroxylation sites is 2. The minimum Gasteiger partial charge on any atom is -0.490 e. The standard InChI is InChI=1S/C17H17NO3/c1-2-17(20,13-21-15-11-7-4-8-12-15)16(19)18-14-9-5-3-6-10-14/h2-12,20H,1,13H2,(H,18,19)/t17-/m0/s1. The molecule has 0 bridgehead atoms. The van der Waals surface area contributed by atoms with Crippen LogP contribution in [0.4, 0.5) is 5.69 Å². The quantitative estimate of drug-likeness (QED) is 0.801. The van der Waals surface area contributed by atoms with Crippen LogP contribution in [0.3, 0.4) is 0 Å². The molecular formula is C17H17NO3. The molecule has 0 spiro atoms. The molecule has 2 aromatic carbocycles. The Morgan fingerprint density at radius 3 is 2.29 bits per heavy atom. The van der Waals surface area contributed by atoms with E-state index in [0.29, 0.717) is 11.4 Å². The fraction of sp³-hybridized carbons (Fsp3) is 0.118. The molecule has 0 aliphatic heterocycles. The molecule has 0 saturated heterocycles. The number of carbonyl (C=O) groups is 1. The number of benzene rings is 2. The van der Waals surface area contributed by atoms with E-state index in [9.17, 15) is 9.90 Å². The highest BCUT2D eigenvalue weighted by Gasteiger charge is 2.33. The summed E-state index contributed by atoms with van der Waals surface area (Å²) in [5.74, 6) is -0.00934. The van der Waals surface area contributed by atoms with Crippen LogP contribution < -0.4 is 10.1 Å². The third kappa shape index (κ3) is 3.94. The Morgan fingerprint density at radius 2 is 1.71 bits per heavy atom. The Bertz CT molecular complexity index is 598. The predicted octanol–water partition coefficient (Wildman–Crippen LogP) is 2.62. The fourth-order valence-corrected chi connectivity index (χ4v) is 1.69. The molecule has 1 amide bonds. The number of carbonyl (C=O) groups excluding carboxylic acids is 1. The van der Waals surface area contributed by atoms with Gasteiger partial charge in [0.15, 0.2) is 5.60 Å². The molecule has 0 unspecified atom stereocenters. The first kappa shape index (κ1) is 14.8. The van der Waals surface area contributed by atoms with Gasteiger partial charge in [-0.15, -0.1) is 0 Å². The average molecular weight is 283 g/mol. The Balaban J connectivity index is 2.02. The number of hydrogen-bond acceptors (Lipinski definition) is 3. The second-order valence-electron chi connectivity index (χ2n) is 4.55. The highest BCUT2D eigenvalue weighted by Crippen LogP contribution is 2.16. The number of hydrogen-bond donors (Lipinski definition) is 2. The molecule has 1 atom stereocenters. The Labute approximate surface area is 123 Å². The summed E-state index contributed by atoms with van der Waals surface area (Å²) < 4.78 is 5.44. The molecular weight excluding hydrogens is 266 g/mol. The van der Waals surface area contributed by atoms with E-state index in [1.807, 2.05) is 24.3 Å². The highest BCUT2D eigenvalue weighted by molar-refractivity contribution is 5.98. The number of aliphatic hydroxyl groups is 1. The molecule has 0 heterocycles. The molecule has 0 aliphatic rings. The molecule has 0 aromatic heterocycles. The fourth-order valence-electron chi connectivity index (χ4n) is 1.69. The van der Waals surface area contributed by atoms with Gasteiger partial charge in [-0.25, -0.2) is 0 Å². The normalized spacial score (nSPS) is 13.0. The van der Waals surface area contributed by atoms with Gasteiger partial charge in [-0.2, -0.15) is 0 Å². The van der Waals surface area contributed by atoms with Crippen molar-refractivity contribution in [3.63, 3.8) is 0 Å². The lowest BCUT2D eigenvalue weighted by Crippen LogP contribution is -2.46. The van der Waals surface area contributed by atoms with E-state index in [4.69, 9.17) is 4.74 Å². The molecule has 2 N–H and O–H groups in total. The van der Waals surface area contributed by atoms with Gasteiger partial charge in [-0.05, 0) is 30.3 Å². The monoisotopic (exact) mass is 283 g/mol. The molecule has 0 fully saturated rings. The first-order valence-corrected chi connectivity index (χ1v) is 6.54. The molecule has 0 aliphatic carbocycles. The van der Waals surface area contributed by atoms with E-state index in [1.165, 1.54) is 6.08 Å². The van der Waals surface area contributed by atoms with Crippen molar-refractivity contribution in [1.82, 2.24) is 0 Å². The van der Waals surface area contributed by atoms with Crippen LogP contribution in [0.25, 0.3) is 0 Å². The van der Waals surface area contributed by atoms with E-state index < -0.39 is 11.5 Å². The third-order valence-electron chi connectivity index (χ3n) is 2.96. The first-order chi connectivity index (χ1) is 10.1. The van der Waals surface area contributed by atoms with Crippen molar-refractivity contribution in [1.29, 1.82) is 0 Å². The largest absolute Gasteiger partial charge is 0.490 e. The van der Waals surface area contributed by atoms with Crippen molar-refractivity contribution < 1.29 is 14.6 Å². The van der Waals surface area contributed by atoms with Gasteiger partial charge in [0, 0.05) is 5.69 Å². The zero-order valence-electron chi connectivity index (χ0n) is 11.5. The van der Waals surface area contributed by atoms with E-state index in [1.54, 1.807) is 36.4 Å². The molecule has 0 saturated carbocycles. The van der Waals surface area contributed by atoms with Gasteiger partial charge in [-0.1, -0.05) is 43.0 Å². The molecule has 4 heteroatoms. The summed E-state index contributed by atoms with van der Waals surface area (Å²) >= 11 is 0. The van der Waals surface area contributed by atoms with Gasteiger partial charge >= 0.3 is 0 Å². The van der Waals surface area contributed by atoms with E-state index in [2.05, 4.69) is 11.9 Å². The summed E-state index contributed by atoms with van der Waals surface area (Å²) in [6.07, 6.45) is 1.17. The lowest BCUT2D eigenvalue weighted by atomic mass is 10.0. The summed E-state index contributed by atoms with van der Waals surface area (Å²) in [6, 6.07) is 17.9. The minimum absolute atomic E-state index is 0.209. The van der Waals surface area contributed by atoms with Gasteiger partial charge in [0.05, 0.1) is 0 Å². The maximum absolute atomic E-state index is 12.2. The first-order valence-electron chi connectivity index (χ1n) is 6.54. The van der Waals surface area contributed by atoms with Crippen molar-refractivity contribution in [2.24, 2.45) is 0 Å². The van der Waals surface area contributed by atoms with Crippen LogP contribution in [-0.4, -0.2) is 23.2 Å². The second kappa shape index (κ2) is 6.72. The topological polar surface area (TPSA) is 58.6 Å². The van der Waals surface area contributed by atoms with Crippen LogP contribution in [0.1, 0.15) is 0 Å². The number of ether oxygens (including phenoxy) is 1. The number of anilines is 1. The Hall–Kier alpha value is -2.59. The summed E-state index contributed by atoms with van der Waals surface area (Å²) in [5.41, 5.74) is -1.20.